The average molecular weight is 241 g/mol. The first-order valence-corrected chi connectivity index (χ1v) is 5.56. The lowest BCUT2D eigenvalue weighted by Gasteiger charge is -2.04. The van der Waals surface area contributed by atoms with Crippen molar-refractivity contribution in [3.63, 3.8) is 0 Å². The molecule has 15 heavy (non-hydrogen) atoms. The van der Waals surface area contributed by atoms with Gasteiger partial charge in [0.2, 0.25) is 0 Å². The molecule has 0 amide bonds. The molecular weight excluding hydrogens is 232 g/mol. The van der Waals surface area contributed by atoms with Gasteiger partial charge in [0.1, 0.15) is 0 Å². The number of aromatic nitrogens is 1. The summed E-state index contributed by atoms with van der Waals surface area (Å²) in [4.78, 5) is 4.18. The molecule has 2 rings (SSSR count). The molecule has 0 aliphatic rings. The van der Waals surface area contributed by atoms with Crippen LogP contribution in [0.25, 0.3) is 0 Å². The zero-order chi connectivity index (χ0) is 10.8. The molecule has 0 aliphatic heterocycles. The van der Waals surface area contributed by atoms with Crippen LogP contribution in [0.4, 0.5) is 5.69 Å². The van der Waals surface area contributed by atoms with Gasteiger partial charge in [-0.15, -0.1) is 0 Å². The first kappa shape index (κ1) is 10.3. The van der Waals surface area contributed by atoms with Crippen LogP contribution >= 0.6 is 22.9 Å². The summed E-state index contributed by atoms with van der Waals surface area (Å²) in [5.74, 6) is 0.578. The van der Waals surface area contributed by atoms with Crippen molar-refractivity contribution in [2.75, 3.05) is 5.73 Å². The molecule has 78 valence electrons. The molecule has 1 aromatic heterocycles. The van der Waals surface area contributed by atoms with Crippen molar-refractivity contribution in [3.05, 3.63) is 34.3 Å². The molecule has 1 heterocycles. The van der Waals surface area contributed by atoms with Crippen LogP contribution in [0.2, 0.25) is 5.02 Å². The smallest absolute Gasteiger partial charge is 0.278 e. The summed E-state index contributed by atoms with van der Waals surface area (Å²) in [6, 6.07) is 5.11. The normalized spacial score (nSPS) is 10.3. The Hall–Kier alpha value is -1.26. The summed E-state index contributed by atoms with van der Waals surface area (Å²) in [6.45, 7) is 1.91. The fourth-order valence-corrected chi connectivity index (χ4v) is 1.92. The van der Waals surface area contributed by atoms with E-state index in [1.54, 1.807) is 18.2 Å². The van der Waals surface area contributed by atoms with E-state index in [0.29, 0.717) is 21.7 Å². The Kier molecular flexibility index (Phi) is 2.79. The number of hydrogen-bond acceptors (Lipinski definition) is 4. The fourth-order valence-electron chi connectivity index (χ4n) is 1.09. The Morgan fingerprint density at radius 1 is 1.47 bits per heavy atom. The molecule has 2 N–H and O–H groups in total. The van der Waals surface area contributed by atoms with E-state index in [0.717, 1.165) is 5.69 Å². The van der Waals surface area contributed by atoms with E-state index in [4.69, 9.17) is 22.1 Å². The third-order valence-electron chi connectivity index (χ3n) is 1.77. The van der Waals surface area contributed by atoms with Crippen LogP contribution < -0.4 is 10.5 Å². The van der Waals surface area contributed by atoms with Crippen LogP contribution in [-0.4, -0.2) is 4.98 Å². The molecule has 0 radical (unpaired) electrons. The number of rotatable bonds is 2. The van der Waals surface area contributed by atoms with Crippen molar-refractivity contribution >= 4 is 28.6 Å². The first-order chi connectivity index (χ1) is 7.15. The number of nitrogens with two attached hydrogens (primary N) is 1. The molecule has 0 saturated carbocycles. The monoisotopic (exact) mass is 240 g/mol. The first-order valence-electron chi connectivity index (χ1n) is 4.30. The minimum absolute atomic E-state index is 0.510. The number of benzene rings is 1. The zero-order valence-corrected chi connectivity index (χ0v) is 9.60. The highest BCUT2D eigenvalue weighted by Crippen LogP contribution is 2.31. The molecule has 0 spiro atoms. The van der Waals surface area contributed by atoms with Crippen molar-refractivity contribution < 1.29 is 4.74 Å². The van der Waals surface area contributed by atoms with Gasteiger partial charge < -0.3 is 10.5 Å². The number of anilines is 1. The molecule has 1 aromatic carbocycles. The Morgan fingerprint density at radius 3 is 2.87 bits per heavy atom. The standard InChI is InChI=1S/C10H9ClN2OS/c1-6-5-15-10(13-6)14-9-3-2-7(11)4-8(9)12/h2-5H,12H2,1H3. The molecule has 0 unspecified atom stereocenters. The highest BCUT2D eigenvalue weighted by Gasteiger charge is 2.05. The van der Waals surface area contributed by atoms with E-state index < -0.39 is 0 Å². The van der Waals surface area contributed by atoms with Crippen LogP contribution in [0, 0.1) is 6.92 Å². The summed E-state index contributed by atoms with van der Waals surface area (Å²) >= 11 is 7.21. The highest BCUT2D eigenvalue weighted by atomic mass is 35.5. The van der Waals surface area contributed by atoms with Gasteiger partial charge in [0.15, 0.2) is 5.75 Å². The van der Waals surface area contributed by atoms with Gasteiger partial charge in [-0.1, -0.05) is 22.9 Å². The number of halogens is 1. The highest BCUT2D eigenvalue weighted by molar-refractivity contribution is 7.11. The van der Waals surface area contributed by atoms with E-state index >= 15 is 0 Å². The maximum atomic E-state index is 5.78. The Bertz CT molecular complexity index is 484. The van der Waals surface area contributed by atoms with Crippen molar-refractivity contribution in [1.82, 2.24) is 4.98 Å². The largest absolute Gasteiger partial charge is 0.429 e. The molecular formula is C10H9ClN2OS. The quantitative estimate of drug-likeness (QED) is 0.818. The topological polar surface area (TPSA) is 48.1 Å². The van der Waals surface area contributed by atoms with Crippen LogP contribution in [0.15, 0.2) is 23.6 Å². The van der Waals surface area contributed by atoms with Gasteiger partial charge in [-0.2, -0.15) is 0 Å². The maximum absolute atomic E-state index is 5.78. The Morgan fingerprint density at radius 2 is 2.27 bits per heavy atom. The zero-order valence-electron chi connectivity index (χ0n) is 8.03. The molecule has 0 atom stereocenters. The predicted molar refractivity (Wildman–Crippen MR) is 62.8 cm³/mol. The van der Waals surface area contributed by atoms with E-state index in [-0.39, 0.29) is 0 Å². The summed E-state index contributed by atoms with van der Waals surface area (Å²) < 4.78 is 5.51. The lowest BCUT2D eigenvalue weighted by atomic mass is 10.3. The Balaban J connectivity index is 2.24. The van der Waals surface area contributed by atoms with Gasteiger partial charge in [-0.05, 0) is 25.1 Å². The van der Waals surface area contributed by atoms with Gasteiger partial charge in [-0.25, -0.2) is 4.98 Å². The third-order valence-corrected chi connectivity index (χ3v) is 2.84. The average Bonchev–Trinajstić information content (AvgIpc) is 2.56. The molecule has 2 aromatic rings. The third kappa shape index (κ3) is 2.40. The van der Waals surface area contributed by atoms with Crippen LogP contribution in [0.5, 0.6) is 10.9 Å². The van der Waals surface area contributed by atoms with E-state index in [2.05, 4.69) is 4.98 Å². The summed E-state index contributed by atoms with van der Waals surface area (Å²) in [6.07, 6.45) is 0. The predicted octanol–water partition coefficient (Wildman–Crippen LogP) is 3.48. The molecule has 0 fully saturated rings. The lowest BCUT2D eigenvalue weighted by Crippen LogP contribution is -1.91. The fraction of sp³-hybridized carbons (Fsp3) is 0.100. The van der Waals surface area contributed by atoms with Gasteiger partial charge in [0.25, 0.3) is 5.19 Å². The van der Waals surface area contributed by atoms with E-state index in [1.165, 1.54) is 11.3 Å². The number of nitrogen functional groups attached to an aromatic ring is 1. The minimum Gasteiger partial charge on any atom is -0.429 e. The summed E-state index contributed by atoms with van der Waals surface area (Å²) in [5, 5.41) is 3.10. The van der Waals surface area contributed by atoms with E-state index in [9.17, 15) is 0 Å². The lowest BCUT2D eigenvalue weighted by molar-refractivity contribution is 0.480. The molecule has 5 heteroatoms. The van der Waals surface area contributed by atoms with Crippen molar-refractivity contribution in [1.29, 1.82) is 0 Å². The number of thiazole rings is 1. The van der Waals surface area contributed by atoms with Crippen LogP contribution in [-0.2, 0) is 0 Å². The van der Waals surface area contributed by atoms with Crippen molar-refractivity contribution in [2.45, 2.75) is 6.92 Å². The second-order valence-electron chi connectivity index (χ2n) is 3.04. The number of nitrogens with zero attached hydrogens (tertiary/aromatic N) is 1. The number of hydrogen-bond donors (Lipinski definition) is 1. The second-order valence-corrected chi connectivity index (χ2v) is 4.30. The molecule has 0 saturated heterocycles. The second kappa shape index (κ2) is 4.08. The SMILES string of the molecule is Cc1csc(Oc2ccc(Cl)cc2N)n1. The van der Waals surface area contributed by atoms with Crippen LogP contribution in [0.1, 0.15) is 5.69 Å². The van der Waals surface area contributed by atoms with Gasteiger partial charge in [-0.3, -0.25) is 0 Å². The minimum atomic E-state index is 0.510. The van der Waals surface area contributed by atoms with Crippen LogP contribution in [0.3, 0.4) is 0 Å². The van der Waals surface area contributed by atoms with Crippen molar-refractivity contribution in [3.8, 4) is 10.9 Å². The molecule has 0 bridgehead atoms. The Labute approximate surface area is 96.5 Å². The molecule has 3 nitrogen and oxygen atoms in total. The van der Waals surface area contributed by atoms with Gasteiger partial charge in [0, 0.05) is 10.4 Å². The van der Waals surface area contributed by atoms with Gasteiger partial charge in [0.05, 0.1) is 11.4 Å². The van der Waals surface area contributed by atoms with Crippen molar-refractivity contribution in [2.24, 2.45) is 0 Å². The molecule has 0 aliphatic carbocycles. The maximum Gasteiger partial charge on any atom is 0.278 e. The number of aryl methyl sites for hydroxylation is 1. The summed E-state index contributed by atoms with van der Waals surface area (Å²) in [5.41, 5.74) is 7.19. The van der Waals surface area contributed by atoms with Gasteiger partial charge >= 0.3 is 0 Å². The summed E-state index contributed by atoms with van der Waals surface area (Å²) in [7, 11) is 0. The number of ether oxygens (including phenoxy) is 1. The van der Waals surface area contributed by atoms with E-state index in [1.807, 2.05) is 12.3 Å².